The van der Waals surface area contributed by atoms with Crippen LogP contribution >= 0.6 is 0 Å². The molecule has 0 aliphatic heterocycles. The summed E-state index contributed by atoms with van der Waals surface area (Å²) in [7, 11) is 0. The van der Waals surface area contributed by atoms with Gasteiger partial charge >= 0.3 is 0 Å². The zero-order valence-electron chi connectivity index (χ0n) is 15.7. The lowest BCUT2D eigenvalue weighted by atomic mass is 10.2. The second-order valence-electron chi connectivity index (χ2n) is 6.84. The van der Waals surface area contributed by atoms with Gasteiger partial charge in [0.1, 0.15) is 26.2 Å². The number of benzene rings is 1. The molecule has 148 valence electrons. The minimum Gasteiger partial charge on any atom is -0.463 e. The van der Waals surface area contributed by atoms with Crippen LogP contribution in [0.4, 0.5) is 0 Å². The Morgan fingerprint density at radius 3 is 2.21 bits per heavy atom. The van der Waals surface area contributed by atoms with Crippen LogP contribution in [0.25, 0.3) is 10.9 Å². The van der Waals surface area contributed by atoms with Gasteiger partial charge in [0.05, 0.1) is 23.4 Å². The molecule has 4 rings (SSSR count). The zero-order chi connectivity index (χ0) is 20.2. The molecule has 1 aromatic carbocycles. The number of carbonyl (C=O) groups is 1. The summed E-state index contributed by atoms with van der Waals surface area (Å²) >= 11 is 0. The third kappa shape index (κ3) is 4.27. The Labute approximate surface area is 166 Å². The zero-order valence-corrected chi connectivity index (χ0v) is 15.7. The van der Waals surface area contributed by atoms with Crippen molar-refractivity contribution in [2.75, 3.05) is 0 Å². The topological polar surface area (TPSA) is 109 Å². The molecule has 3 heterocycles. The highest BCUT2D eigenvalue weighted by Crippen LogP contribution is 2.08. The van der Waals surface area contributed by atoms with E-state index in [1.807, 2.05) is 30.3 Å². The quantitative estimate of drug-likeness (QED) is 0.461. The third-order valence-corrected chi connectivity index (χ3v) is 4.67. The summed E-state index contributed by atoms with van der Waals surface area (Å²) in [4.78, 5) is 30.3. The van der Waals surface area contributed by atoms with Gasteiger partial charge in [0.2, 0.25) is 5.91 Å². The largest absolute Gasteiger partial charge is 0.463 e. The molecule has 8 heteroatoms. The van der Waals surface area contributed by atoms with Crippen LogP contribution in [-0.2, 0) is 31.0 Å². The molecule has 0 bridgehead atoms. The third-order valence-electron chi connectivity index (χ3n) is 4.67. The molecule has 3 N–H and O–H groups in total. The van der Waals surface area contributed by atoms with E-state index in [9.17, 15) is 9.59 Å². The summed E-state index contributed by atoms with van der Waals surface area (Å²) in [6.07, 6.45) is 3.24. The molecule has 1 amide bonds. The van der Waals surface area contributed by atoms with E-state index in [2.05, 4.69) is 4.98 Å². The number of aromatic nitrogens is 2. The monoisotopic (exact) mass is 393 g/mol. The summed E-state index contributed by atoms with van der Waals surface area (Å²) in [5, 5.41) is 0.455. The number of amides is 1. The highest BCUT2D eigenvalue weighted by atomic mass is 16.3. The number of para-hydroxylation sites is 1. The molecule has 4 aromatic rings. The number of hydrogen-bond donors (Lipinski definition) is 2. The molecule has 0 fully saturated rings. The second kappa shape index (κ2) is 8.15. The number of nitrogens with two attached hydrogens (primary N) is 1. The van der Waals surface area contributed by atoms with Crippen molar-refractivity contribution in [3.8, 4) is 0 Å². The Morgan fingerprint density at radius 1 is 0.966 bits per heavy atom. The van der Waals surface area contributed by atoms with Crippen LogP contribution in [0.15, 0.2) is 74.7 Å². The predicted molar refractivity (Wildman–Crippen MR) is 105 cm³/mol. The number of carbonyl (C=O) groups excluding carboxylic acids is 1. The first-order valence-corrected chi connectivity index (χ1v) is 9.25. The number of nitrogens with zero attached hydrogens (tertiary/aromatic N) is 2. The Hall–Kier alpha value is -3.65. The van der Waals surface area contributed by atoms with E-state index in [0.29, 0.717) is 36.4 Å². The fourth-order valence-electron chi connectivity index (χ4n) is 3.40. The van der Waals surface area contributed by atoms with Gasteiger partial charge in [0.15, 0.2) is 17.3 Å². The molecule has 0 unspecified atom stereocenters. The predicted octanol–water partition coefficient (Wildman–Crippen LogP) is 0.853. The average molecular weight is 393 g/mol. The van der Waals surface area contributed by atoms with E-state index in [-0.39, 0.29) is 12.1 Å². The highest BCUT2D eigenvalue weighted by Gasteiger charge is 2.20. The molecule has 0 saturated heterocycles. The molecule has 0 aliphatic rings. The Bertz CT molecular complexity index is 1130. The maximum atomic E-state index is 13.0. The molecule has 0 atom stereocenters. The summed E-state index contributed by atoms with van der Waals surface area (Å²) in [5.74, 6) is 1.50. The van der Waals surface area contributed by atoms with Gasteiger partial charge in [0.25, 0.3) is 5.56 Å². The van der Waals surface area contributed by atoms with Gasteiger partial charge in [-0.3, -0.25) is 14.2 Å². The Kier molecular flexibility index (Phi) is 5.26. The second-order valence-corrected chi connectivity index (χ2v) is 6.84. The van der Waals surface area contributed by atoms with Crippen molar-refractivity contribution in [3.63, 3.8) is 0 Å². The van der Waals surface area contributed by atoms with Crippen LogP contribution in [0, 0.1) is 0 Å². The summed E-state index contributed by atoms with van der Waals surface area (Å²) in [6.45, 7) is 1.29. The van der Waals surface area contributed by atoms with Crippen molar-refractivity contribution in [1.29, 1.82) is 0 Å². The first kappa shape index (κ1) is 18.7. The van der Waals surface area contributed by atoms with E-state index in [0.717, 1.165) is 16.4 Å². The first-order chi connectivity index (χ1) is 14.1. The number of quaternary nitrogens is 1. The number of furan rings is 2. The van der Waals surface area contributed by atoms with Gasteiger partial charge in [-0.05, 0) is 36.4 Å². The van der Waals surface area contributed by atoms with Gasteiger partial charge in [-0.1, -0.05) is 12.1 Å². The maximum Gasteiger partial charge on any atom is 0.262 e. The first-order valence-electron chi connectivity index (χ1n) is 9.25. The number of rotatable bonds is 8. The lowest BCUT2D eigenvalue weighted by molar-refractivity contribution is -0.943. The Balaban J connectivity index is 1.73. The molecule has 0 radical (unpaired) electrons. The van der Waals surface area contributed by atoms with Crippen molar-refractivity contribution in [2.24, 2.45) is 5.73 Å². The molecule has 0 aliphatic carbocycles. The van der Waals surface area contributed by atoms with Gasteiger partial charge in [0, 0.05) is 0 Å². The van der Waals surface area contributed by atoms with Gasteiger partial charge in [-0.15, -0.1) is 0 Å². The van der Waals surface area contributed by atoms with Crippen molar-refractivity contribution in [3.05, 3.63) is 88.8 Å². The minimum atomic E-state index is -0.593. The molecular weight excluding hydrogens is 372 g/mol. The van der Waals surface area contributed by atoms with Gasteiger partial charge < -0.3 is 19.5 Å². The van der Waals surface area contributed by atoms with Crippen molar-refractivity contribution < 1.29 is 18.5 Å². The maximum absolute atomic E-state index is 13.0. The van der Waals surface area contributed by atoms with Crippen molar-refractivity contribution in [2.45, 2.75) is 26.2 Å². The normalized spacial score (nSPS) is 11.3. The Morgan fingerprint density at radius 2 is 1.62 bits per heavy atom. The van der Waals surface area contributed by atoms with Crippen LogP contribution in [0.2, 0.25) is 0 Å². The summed E-state index contributed by atoms with van der Waals surface area (Å²) < 4.78 is 12.3. The standard InChI is InChI=1S/C21H20N4O4/c22-19(26)13-25-20(23-18-8-2-1-7-17(18)21(25)27)14-24(11-15-5-3-9-28-15)12-16-6-4-10-29-16/h1-10H,11-14H2,(H2,22,26)/p+1. The molecule has 0 spiro atoms. The molecular formula is C21H21N4O4+. The average Bonchev–Trinajstić information content (AvgIpc) is 3.39. The SMILES string of the molecule is NC(=O)Cn1c(C[NH+](Cc2ccco2)Cc2ccco2)nc2ccccc2c1=O. The summed E-state index contributed by atoms with van der Waals surface area (Å²) in [5.41, 5.74) is 5.70. The van der Waals surface area contributed by atoms with Crippen LogP contribution in [0.1, 0.15) is 17.3 Å². The van der Waals surface area contributed by atoms with Crippen LogP contribution in [0.5, 0.6) is 0 Å². The molecule has 3 aromatic heterocycles. The van der Waals surface area contributed by atoms with Crippen LogP contribution in [0.3, 0.4) is 0 Å². The van der Waals surface area contributed by atoms with E-state index >= 15 is 0 Å². The molecule has 29 heavy (non-hydrogen) atoms. The fraction of sp³-hybridized carbons (Fsp3) is 0.190. The molecule has 8 nitrogen and oxygen atoms in total. The lowest BCUT2D eigenvalue weighted by Gasteiger charge is -2.19. The van der Waals surface area contributed by atoms with Gasteiger partial charge in [-0.2, -0.15) is 0 Å². The van der Waals surface area contributed by atoms with Gasteiger partial charge in [-0.25, -0.2) is 4.98 Å². The number of primary amides is 1. The summed E-state index contributed by atoms with van der Waals surface area (Å²) in [6, 6.07) is 14.5. The smallest absolute Gasteiger partial charge is 0.262 e. The van der Waals surface area contributed by atoms with E-state index < -0.39 is 5.91 Å². The van der Waals surface area contributed by atoms with Crippen LogP contribution in [-0.4, -0.2) is 15.5 Å². The molecule has 0 saturated carbocycles. The van der Waals surface area contributed by atoms with Crippen LogP contribution < -0.4 is 16.2 Å². The van der Waals surface area contributed by atoms with E-state index in [4.69, 9.17) is 14.6 Å². The van der Waals surface area contributed by atoms with E-state index in [1.54, 1.807) is 30.7 Å². The van der Waals surface area contributed by atoms with E-state index in [1.165, 1.54) is 4.57 Å². The fourth-order valence-corrected chi connectivity index (χ4v) is 3.40. The number of fused-ring (bicyclic) bond motifs is 1. The number of nitrogens with one attached hydrogen (secondary N) is 1. The van der Waals surface area contributed by atoms with Crippen molar-refractivity contribution in [1.82, 2.24) is 9.55 Å². The number of hydrogen-bond acceptors (Lipinski definition) is 5. The lowest BCUT2D eigenvalue weighted by Crippen LogP contribution is -3.08. The van der Waals surface area contributed by atoms with Crippen molar-refractivity contribution >= 4 is 16.8 Å². The highest BCUT2D eigenvalue weighted by molar-refractivity contribution is 5.78. The minimum absolute atomic E-state index is 0.221.